The highest BCUT2D eigenvalue weighted by Gasteiger charge is 2.33. The molecule has 0 bridgehead atoms. The van der Waals surface area contributed by atoms with Crippen molar-refractivity contribution in [2.45, 2.75) is 70.8 Å². The average Bonchev–Trinajstić information content (AvgIpc) is 2.56. The van der Waals surface area contributed by atoms with Crippen LogP contribution in [0.1, 0.15) is 64.7 Å². The minimum Gasteiger partial charge on any atom is -0.330 e. The number of hydrogen-bond acceptors (Lipinski definition) is 2. The molecule has 0 aromatic carbocycles. The van der Waals surface area contributed by atoms with Gasteiger partial charge in [-0.05, 0) is 51.1 Å². The monoisotopic (exact) mass is 238 g/mol. The van der Waals surface area contributed by atoms with E-state index in [2.05, 4.69) is 11.8 Å². The molecule has 1 saturated carbocycles. The summed E-state index contributed by atoms with van der Waals surface area (Å²) in [5, 5.41) is 0. The molecule has 0 spiro atoms. The topological polar surface area (TPSA) is 29.3 Å². The second-order valence-corrected chi connectivity index (χ2v) is 6.43. The van der Waals surface area contributed by atoms with E-state index in [-0.39, 0.29) is 0 Å². The molecule has 1 heterocycles. The minimum absolute atomic E-state index is 0.455. The Balaban J connectivity index is 1.95. The van der Waals surface area contributed by atoms with E-state index in [9.17, 15) is 0 Å². The van der Waals surface area contributed by atoms with Crippen LogP contribution < -0.4 is 5.73 Å². The van der Waals surface area contributed by atoms with Gasteiger partial charge in [0.2, 0.25) is 0 Å². The van der Waals surface area contributed by atoms with E-state index < -0.39 is 0 Å². The van der Waals surface area contributed by atoms with Crippen LogP contribution in [-0.2, 0) is 0 Å². The molecule has 2 aliphatic rings. The molecule has 0 aromatic rings. The molecule has 2 rings (SSSR count). The van der Waals surface area contributed by atoms with Gasteiger partial charge >= 0.3 is 0 Å². The molecule has 2 fully saturated rings. The predicted molar refractivity (Wildman–Crippen MR) is 74.1 cm³/mol. The summed E-state index contributed by atoms with van der Waals surface area (Å²) in [5.74, 6) is 0. The lowest BCUT2D eigenvalue weighted by molar-refractivity contribution is 0.0880. The zero-order chi connectivity index (χ0) is 12.1. The maximum absolute atomic E-state index is 6.11. The lowest BCUT2D eigenvalue weighted by Gasteiger charge is -2.42. The molecule has 1 saturated heterocycles. The average molecular weight is 238 g/mol. The summed E-state index contributed by atoms with van der Waals surface area (Å²) in [7, 11) is 0. The number of nitrogens with zero attached hydrogens (tertiary/aromatic N) is 1. The first-order valence-corrected chi connectivity index (χ1v) is 7.70. The highest BCUT2D eigenvalue weighted by molar-refractivity contribution is 4.88. The first kappa shape index (κ1) is 13.4. The van der Waals surface area contributed by atoms with Crippen molar-refractivity contribution in [3.05, 3.63) is 0 Å². The van der Waals surface area contributed by atoms with Crippen LogP contribution in [0, 0.1) is 5.41 Å². The molecule has 2 N–H and O–H groups in total. The maximum atomic E-state index is 6.11. The van der Waals surface area contributed by atoms with E-state index in [1.54, 1.807) is 0 Å². The molecule has 0 radical (unpaired) electrons. The molecule has 1 aliphatic carbocycles. The Hall–Kier alpha value is -0.0800. The van der Waals surface area contributed by atoms with Gasteiger partial charge in [0.1, 0.15) is 0 Å². The first-order valence-electron chi connectivity index (χ1n) is 7.70. The Labute approximate surface area is 107 Å². The van der Waals surface area contributed by atoms with Gasteiger partial charge < -0.3 is 10.6 Å². The molecule has 2 heteroatoms. The first-order chi connectivity index (χ1) is 8.26. The number of nitrogens with two attached hydrogens (primary N) is 1. The SMILES string of the molecule is CC1CCCCCN1CC1(CN)CCCCC1. The van der Waals surface area contributed by atoms with Crippen LogP contribution in [0.15, 0.2) is 0 Å². The predicted octanol–water partition coefficient (Wildman–Crippen LogP) is 3.16. The third-order valence-corrected chi connectivity index (χ3v) is 5.08. The van der Waals surface area contributed by atoms with Crippen molar-refractivity contribution in [3.63, 3.8) is 0 Å². The standard InChI is InChI=1S/C15H30N2/c1-14-8-4-2-7-11-17(14)13-15(12-16)9-5-3-6-10-15/h14H,2-13,16H2,1H3. The lowest BCUT2D eigenvalue weighted by Crippen LogP contribution is -2.46. The molecule has 1 unspecified atom stereocenters. The lowest BCUT2D eigenvalue weighted by atomic mass is 9.73. The zero-order valence-corrected chi connectivity index (χ0v) is 11.6. The van der Waals surface area contributed by atoms with Crippen molar-refractivity contribution in [2.75, 3.05) is 19.6 Å². The Morgan fingerprint density at radius 1 is 1.06 bits per heavy atom. The third-order valence-electron chi connectivity index (χ3n) is 5.08. The van der Waals surface area contributed by atoms with Crippen LogP contribution in [0.4, 0.5) is 0 Å². The van der Waals surface area contributed by atoms with E-state index in [0.717, 1.165) is 12.6 Å². The molecule has 1 aliphatic heterocycles. The Bertz CT molecular complexity index is 221. The Kier molecular flexibility index (Phi) is 4.87. The molecule has 1 atom stereocenters. The Morgan fingerprint density at radius 3 is 2.47 bits per heavy atom. The van der Waals surface area contributed by atoms with Crippen molar-refractivity contribution < 1.29 is 0 Å². The van der Waals surface area contributed by atoms with Gasteiger partial charge in [-0.25, -0.2) is 0 Å². The van der Waals surface area contributed by atoms with Gasteiger partial charge in [-0.3, -0.25) is 0 Å². The summed E-state index contributed by atoms with van der Waals surface area (Å²) >= 11 is 0. The van der Waals surface area contributed by atoms with Gasteiger partial charge in [0.05, 0.1) is 0 Å². The number of rotatable bonds is 3. The van der Waals surface area contributed by atoms with E-state index in [4.69, 9.17) is 5.73 Å². The fraction of sp³-hybridized carbons (Fsp3) is 1.00. The van der Waals surface area contributed by atoms with E-state index in [1.165, 1.54) is 70.9 Å². The van der Waals surface area contributed by atoms with E-state index in [1.807, 2.05) is 0 Å². The smallest absolute Gasteiger partial charge is 0.00671 e. The summed E-state index contributed by atoms with van der Waals surface area (Å²) < 4.78 is 0. The van der Waals surface area contributed by atoms with Gasteiger partial charge in [-0.1, -0.05) is 32.1 Å². The minimum atomic E-state index is 0.455. The number of likely N-dealkylation sites (tertiary alicyclic amines) is 1. The molecular weight excluding hydrogens is 208 g/mol. The summed E-state index contributed by atoms with van der Waals surface area (Å²) in [6.07, 6.45) is 12.6. The third kappa shape index (κ3) is 3.45. The van der Waals surface area contributed by atoms with Crippen LogP contribution in [0.3, 0.4) is 0 Å². The molecule has 0 aromatic heterocycles. The zero-order valence-electron chi connectivity index (χ0n) is 11.6. The molecule has 0 amide bonds. The van der Waals surface area contributed by atoms with Crippen LogP contribution in [0.25, 0.3) is 0 Å². The van der Waals surface area contributed by atoms with Gasteiger partial charge in [0.15, 0.2) is 0 Å². The quantitative estimate of drug-likeness (QED) is 0.818. The van der Waals surface area contributed by atoms with E-state index >= 15 is 0 Å². The van der Waals surface area contributed by atoms with Crippen LogP contribution >= 0.6 is 0 Å². The summed E-state index contributed by atoms with van der Waals surface area (Å²) in [4.78, 5) is 2.74. The molecule has 17 heavy (non-hydrogen) atoms. The van der Waals surface area contributed by atoms with Gasteiger partial charge in [-0.2, -0.15) is 0 Å². The molecule has 100 valence electrons. The largest absolute Gasteiger partial charge is 0.330 e. The van der Waals surface area contributed by atoms with Crippen LogP contribution in [0.5, 0.6) is 0 Å². The second kappa shape index (κ2) is 6.19. The van der Waals surface area contributed by atoms with Gasteiger partial charge in [0, 0.05) is 12.6 Å². The highest BCUT2D eigenvalue weighted by atomic mass is 15.2. The molecule has 2 nitrogen and oxygen atoms in total. The van der Waals surface area contributed by atoms with Crippen molar-refractivity contribution in [1.82, 2.24) is 4.90 Å². The summed E-state index contributed by atoms with van der Waals surface area (Å²) in [6.45, 7) is 5.89. The Morgan fingerprint density at radius 2 is 1.76 bits per heavy atom. The van der Waals surface area contributed by atoms with E-state index in [0.29, 0.717) is 5.41 Å². The van der Waals surface area contributed by atoms with Gasteiger partial charge in [-0.15, -0.1) is 0 Å². The fourth-order valence-corrected chi connectivity index (χ4v) is 3.73. The normalized spacial score (nSPS) is 31.1. The van der Waals surface area contributed by atoms with Crippen LogP contribution in [0.2, 0.25) is 0 Å². The van der Waals surface area contributed by atoms with Crippen molar-refractivity contribution in [2.24, 2.45) is 11.1 Å². The van der Waals surface area contributed by atoms with Crippen molar-refractivity contribution in [1.29, 1.82) is 0 Å². The number of hydrogen-bond donors (Lipinski definition) is 1. The maximum Gasteiger partial charge on any atom is 0.00671 e. The van der Waals surface area contributed by atoms with Crippen molar-refractivity contribution >= 4 is 0 Å². The summed E-state index contributed by atoms with van der Waals surface area (Å²) in [5.41, 5.74) is 6.57. The highest BCUT2D eigenvalue weighted by Crippen LogP contribution is 2.37. The summed E-state index contributed by atoms with van der Waals surface area (Å²) in [6, 6.07) is 0.780. The van der Waals surface area contributed by atoms with Gasteiger partial charge in [0.25, 0.3) is 0 Å². The fourth-order valence-electron chi connectivity index (χ4n) is 3.73. The van der Waals surface area contributed by atoms with Crippen LogP contribution in [-0.4, -0.2) is 30.6 Å². The van der Waals surface area contributed by atoms with Crippen molar-refractivity contribution in [3.8, 4) is 0 Å². The second-order valence-electron chi connectivity index (χ2n) is 6.43. The molecular formula is C15H30N2.